The first kappa shape index (κ1) is 14.4. The van der Waals surface area contributed by atoms with E-state index in [1.54, 1.807) is 25.3 Å². The molecule has 2 rings (SSSR count). The van der Waals surface area contributed by atoms with E-state index in [9.17, 15) is 4.79 Å². The highest BCUT2D eigenvalue weighted by atomic mass is 32.2. The number of aromatic nitrogens is 2. The second kappa shape index (κ2) is 6.42. The van der Waals surface area contributed by atoms with E-state index in [1.807, 2.05) is 13.0 Å². The number of aryl methyl sites for hydroxylation is 1. The smallest absolute Gasteiger partial charge is 0.233 e. The molecule has 6 nitrogen and oxygen atoms in total. The number of rotatable bonds is 5. The molecule has 3 N–H and O–H groups in total. The molecule has 0 fully saturated rings. The van der Waals surface area contributed by atoms with Gasteiger partial charge in [-0.15, -0.1) is 0 Å². The lowest BCUT2D eigenvalue weighted by Crippen LogP contribution is -2.30. The molecule has 0 saturated carbocycles. The van der Waals surface area contributed by atoms with Crippen LogP contribution in [-0.4, -0.2) is 21.1 Å². The van der Waals surface area contributed by atoms with Crippen LogP contribution in [0.4, 0.5) is 5.82 Å². The molecule has 1 unspecified atom stereocenters. The fourth-order valence-electron chi connectivity index (χ4n) is 1.56. The second-order valence-electron chi connectivity index (χ2n) is 4.27. The van der Waals surface area contributed by atoms with E-state index in [4.69, 9.17) is 10.2 Å². The van der Waals surface area contributed by atoms with Crippen molar-refractivity contribution in [3.05, 3.63) is 35.9 Å². The Kier molecular flexibility index (Phi) is 4.62. The van der Waals surface area contributed by atoms with Gasteiger partial charge in [0.05, 0.1) is 18.1 Å². The van der Waals surface area contributed by atoms with Crippen LogP contribution in [0.5, 0.6) is 0 Å². The monoisotopic (exact) mass is 292 g/mol. The Labute approximate surface area is 121 Å². The third kappa shape index (κ3) is 3.99. The molecule has 0 bridgehead atoms. The van der Waals surface area contributed by atoms with Crippen molar-refractivity contribution in [1.82, 2.24) is 15.3 Å². The van der Waals surface area contributed by atoms with Gasteiger partial charge in [-0.2, -0.15) is 0 Å². The predicted molar refractivity (Wildman–Crippen MR) is 77.1 cm³/mol. The summed E-state index contributed by atoms with van der Waals surface area (Å²) in [6.45, 7) is 4.00. The molecule has 2 aromatic heterocycles. The topological polar surface area (TPSA) is 94.0 Å². The molecule has 1 amide bonds. The number of hydrogen-bond donors (Lipinski definition) is 2. The minimum atomic E-state index is -0.314. The minimum Gasteiger partial charge on any atom is -0.467 e. The van der Waals surface area contributed by atoms with Crippen molar-refractivity contribution in [2.75, 3.05) is 5.73 Å². The first-order chi connectivity index (χ1) is 9.54. The highest BCUT2D eigenvalue weighted by molar-refractivity contribution is 8.00. The highest BCUT2D eigenvalue weighted by Gasteiger charge is 2.16. The molecule has 0 aromatic carbocycles. The van der Waals surface area contributed by atoms with E-state index in [0.717, 1.165) is 5.69 Å². The number of amides is 1. The van der Waals surface area contributed by atoms with Crippen molar-refractivity contribution in [1.29, 1.82) is 0 Å². The Morgan fingerprint density at radius 1 is 1.55 bits per heavy atom. The van der Waals surface area contributed by atoms with Gasteiger partial charge in [0, 0.05) is 11.8 Å². The third-order valence-electron chi connectivity index (χ3n) is 2.52. The summed E-state index contributed by atoms with van der Waals surface area (Å²) in [5, 5.41) is 2.98. The maximum Gasteiger partial charge on any atom is 0.233 e. The molecule has 0 aliphatic carbocycles. The lowest BCUT2D eigenvalue weighted by atomic mass is 10.4. The zero-order valence-corrected chi connectivity index (χ0v) is 12.1. The van der Waals surface area contributed by atoms with Gasteiger partial charge in [-0.1, -0.05) is 11.8 Å². The molecule has 0 spiro atoms. The van der Waals surface area contributed by atoms with Gasteiger partial charge < -0.3 is 15.5 Å². The molecular formula is C13H16N4O2S. The van der Waals surface area contributed by atoms with Gasteiger partial charge in [-0.05, 0) is 26.0 Å². The number of anilines is 1. The average molecular weight is 292 g/mol. The Morgan fingerprint density at radius 3 is 3.00 bits per heavy atom. The molecule has 106 valence electrons. The van der Waals surface area contributed by atoms with Gasteiger partial charge in [0.2, 0.25) is 5.91 Å². The maximum atomic E-state index is 12.0. The van der Waals surface area contributed by atoms with Gasteiger partial charge in [0.1, 0.15) is 11.6 Å². The zero-order chi connectivity index (χ0) is 14.5. The number of nitrogens with zero attached hydrogens (tertiary/aromatic N) is 2. The fraction of sp³-hybridized carbons (Fsp3) is 0.308. The Morgan fingerprint density at radius 2 is 2.35 bits per heavy atom. The molecule has 0 aliphatic rings. The predicted octanol–water partition coefficient (Wildman–Crippen LogP) is 1.76. The number of furan rings is 1. The van der Waals surface area contributed by atoms with E-state index in [0.29, 0.717) is 23.3 Å². The quantitative estimate of drug-likeness (QED) is 0.644. The number of thioether (sulfide) groups is 1. The van der Waals surface area contributed by atoms with Crippen LogP contribution in [0, 0.1) is 6.92 Å². The van der Waals surface area contributed by atoms with Crippen molar-refractivity contribution in [3.8, 4) is 0 Å². The Hall–Kier alpha value is -2.02. The van der Waals surface area contributed by atoms with Crippen molar-refractivity contribution < 1.29 is 9.21 Å². The van der Waals surface area contributed by atoms with E-state index in [-0.39, 0.29) is 11.2 Å². The summed E-state index contributed by atoms with van der Waals surface area (Å²) < 4.78 is 5.15. The molecule has 20 heavy (non-hydrogen) atoms. The van der Waals surface area contributed by atoms with Crippen LogP contribution in [0.15, 0.2) is 34.0 Å². The van der Waals surface area contributed by atoms with Crippen LogP contribution in [0.25, 0.3) is 0 Å². The summed E-state index contributed by atoms with van der Waals surface area (Å²) in [5.41, 5.74) is 6.44. The SMILES string of the molecule is Cc1cc(N)nc(SC(C)C(=O)NCc2ccco2)n1. The largest absolute Gasteiger partial charge is 0.467 e. The second-order valence-corrected chi connectivity index (χ2v) is 5.58. The molecule has 0 aliphatic heterocycles. The Balaban J connectivity index is 1.90. The number of nitrogens with two attached hydrogens (primary N) is 1. The standard InChI is InChI=1S/C13H16N4O2S/c1-8-6-11(14)17-13(16-8)20-9(2)12(18)15-7-10-4-3-5-19-10/h3-6,9H,7H2,1-2H3,(H,15,18)(H2,14,16,17). The van der Waals surface area contributed by atoms with E-state index in [2.05, 4.69) is 15.3 Å². The molecule has 2 aromatic rings. The van der Waals surface area contributed by atoms with Crippen LogP contribution in [0.2, 0.25) is 0 Å². The van der Waals surface area contributed by atoms with E-state index < -0.39 is 0 Å². The summed E-state index contributed by atoms with van der Waals surface area (Å²) in [4.78, 5) is 20.3. The molecular weight excluding hydrogens is 276 g/mol. The Bertz CT molecular complexity index is 566. The van der Waals surface area contributed by atoms with Gasteiger partial charge in [0.25, 0.3) is 0 Å². The molecule has 0 radical (unpaired) electrons. The summed E-state index contributed by atoms with van der Waals surface area (Å²) in [7, 11) is 0. The summed E-state index contributed by atoms with van der Waals surface area (Å²) in [6.07, 6.45) is 1.57. The van der Waals surface area contributed by atoms with Crippen LogP contribution >= 0.6 is 11.8 Å². The van der Waals surface area contributed by atoms with Crippen molar-refractivity contribution >= 4 is 23.5 Å². The van der Waals surface area contributed by atoms with Crippen LogP contribution in [0.1, 0.15) is 18.4 Å². The highest BCUT2D eigenvalue weighted by Crippen LogP contribution is 2.20. The van der Waals surface area contributed by atoms with Gasteiger partial charge in [-0.3, -0.25) is 4.79 Å². The third-order valence-corrected chi connectivity index (χ3v) is 3.48. The van der Waals surface area contributed by atoms with Crippen LogP contribution in [-0.2, 0) is 11.3 Å². The van der Waals surface area contributed by atoms with Gasteiger partial charge >= 0.3 is 0 Å². The first-order valence-electron chi connectivity index (χ1n) is 6.12. The minimum absolute atomic E-state index is 0.102. The van der Waals surface area contributed by atoms with Gasteiger partial charge in [-0.25, -0.2) is 9.97 Å². The van der Waals surface area contributed by atoms with Crippen molar-refractivity contribution in [3.63, 3.8) is 0 Å². The van der Waals surface area contributed by atoms with Crippen LogP contribution in [0.3, 0.4) is 0 Å². The van der Waals surface area contributed by atoms with E-state index in [1.165, 1.54) is 11.8 Å². The van der Waals surface area contributed by atoms with E-state index >= 15 is 0 Å². The van der Waals surface area contributed by atoms with Crippen molar-refractivity contribution in [2.45, 2.75) is 30.8 Å². The molecule has 1 atom stereocenters. The molecule has 7 heteroatoms. The maximum absolute atomic E-state index is 12.0. The average Bonchev–Trinajstić information content (AvgIpc) is 2.87. The van der Waals surface area contributed by atoms with Gasteiger partial charge in [0.15, 0.2) is 5.16 Å². The molecule has 2 heterocycles. The zero-order valence-electron chi connectivity index (χ0n) is 11.3. The first-order valence-corrected chi connectivity index (χ1v) is 7.00. The van der Waals surface area contributed by atoms with Crippen molar-refractivity contribution in [2.24, 2.45) is 0 Å². The fourth-order valence-corrected chi connectivity index (χ4v) is 2.42. The lowest BCUT2D eigenvalue weighted by molar-refractivity contribution is -0.120. The number of nitrogen functional groups attached to an aromatic ring is 1. The summed E-state index contributed by atoms with van der Waals surface area (Å²) >= 11 is 1.27. The van der Waals surface area contributed by atoms with Crippen LogP contribution < -0.4 is 11.1 Å². The summed E-state index contributed by atoms with van der Waals surface area (Å²) in [6, 6.07) is 5.27. The number of nitrogens with one attached hydrogen (secondary N) is 1. The number of hydrogen-bond acceptors (Lipinski definition) is 6. The lowest BCUT2D eigenvalue weighted by Gasteiger charge is -2.10. The summed E-state index contributed by atoms with van der Waals surface area (Å²) in [5.74, 6) is 1.02. The number of carbonyl (C=O) groups excluding carboxylic acids is 1. The number of carbonyl (C=O) groups is 1. The molecule has 0 saturated heterocycles. The normalized spacial score (nSPS) is 12.1.